The van der Waals surface area contributed by atoms with Crippen LogP contribution in [0.2, 0.25) is 0 Å². The average Bonchev–Trinajstić information content (AvgIpc) is 2.36. The van der Waals surface area contributed by atoms with Gasteiger partial charge in [0.25, 0.3) is 0 Å². The number of alkyl halides is 2. The molecule has 0 aliphatic heterocycles. The predicted molar refractivity (Wildman–Crippen MR) is 65.8 cm³/mol. The van der Waals surface area contributed by atoms with Gasteiger partial charge in [0.05, 0.1) is 12.5 Å². The fourth-order valence-electron chi connectivity index (χ4n) is 1.72. The lowest BCUT2D eigenvalue weighted by molar-refractivity contribution is -0.152. The highest BCUT2D eigenvalue weighted by Crippen LogP contribution is 2.37. The van der Waals surface area contributed by atoms with Gasteiger partial charge in [-0.1, -0.05) is 18.2 Å². The normalized spacial score (nSPS) is 13.2. The summed E-state index contributed by atoms with van der Waals surface area (Å²) in [4.78, 5) is 11.7. The molecule has 4 nitrogen and oxygen atoms in total. The van der Waals surface area contributed by atoms with Gasteiger partial charge >= 0.3 is 12.6 Å². The Labute approximate surface area is 110 Å². The van der Waals surface area contributed by atoms with Crippen molar-refractivity contribution >= 4 is 5.97 Å². The first-order valence-corrected chi connectivity index (χ1v) is 5.68. The molecule has 0 fully saturated rings. The highest BCUT2D eigenvalue weighted by Gasteiger charge is 2.38. The number of carbonyl (C=O) groups is 1. The van der Waals surface area contributed by atoms with Crippen LogP contribution < -0.4 is 10.5 Å². The number of hydrogen-bond acceptors (Lipinski definition) is 4. The lowest BCUT2D eigenvalue weighted by Gasteiger charge is -2.29. The van der Waals surface area contributed by atoms with E-state index in [4.69, 9.17) is 5.73 Å². The minimum atomic E-state index is -2.95. The number of nitrogens with two attached hydrogens (primary N) is 1. The fraction of sp³-hybridized carbons (Fsp3) is 0.462. The number of rotatable bonds is 5. The molecule has 1 aromatic carbocycles. The second-order valence-corrected chi connectivity index (χ2v) is 4.61. The molecule has 0 amide bonds. The van der Waals surface area contributed by atoms with Crippen molar-refractivity contribution in [3.8, 4) is 5.75 Å². The van der Waals surface area contributed by atoms with Gasteiger partial charge in [0.15, 0.2) is 0 Å². The molecule has 0 bridgehead atoms. The SMILES string of the molecule is COC(=O)C(C)(C)[C@H](N)c1ccccc1OC(F)F. The third-order valence-electron chi connectivity index (χ3n) is 2.96. The van der Waals surface area contributed by atoms with Crippen molar-refractivity contribution < 1.29 is 23.0 Å². The number of para-hydroxylation sites is 1. The Hall–Kier alpha value is -1.69. The number of methoxy groups -OCH3 is 1. The Kier molecular flexibility index (Phi) is 4.83. The van der Waals surface area contributed by atoms with Crippen molar-refractivity contribution in [1.82, 2.24) is 0 Å². The zero-order chi connectivity index (χ0) is 14.6. The van der Waals surface area contributed by atoms with Crippen LogP contribution in [0.3, 0.4) is 0 Å². The maximum absolute atomic E-state index is 12.3. The van der Waals surface area contributed by atoms with E-state index < -0.39 is 24.0 Å². The zero-order valence-corrected chi connectivity index (χ0v) is 11.0. The molecule has 1 rings (SSSR count). The second-order valence-electron chi connectivity index (χ2n) is 4.61. The summed E-state index contributed by atoms with van der Waals surface area (Å²) in [6.45, 7) is 0.222. The molecule has 0 aliphatic carbocycles. The second kappa shape index (κ2) is 5.97. The lowest BCUT2D eigenvalue weighted by atomic mass is 9.80. The molecule has 19 heavy (non-hydrogen) atoms. The smallest absolute Gasteiger partial charge is 0.387 e. The number of halogens is 2. The topological polar surface area (TPSA) is 61.5 Å². The van der Waals surface area contributed by atoms with Crippen LogP contribution in [0.15, 0.2) is 24.3 Å². The predicted octanol–water partition coefficient (Wildman–Crippen LogP) is 2.49. The Morgan fingerprint density at radius 2 is 1.89 bits per heavy atom. The van der Waals surface area contributed by atoms with E-state index in [-0.39, 0.29) is 5.75 Å². The number of ether oxygens (including phenoxy) is 2. The first kappa shape index (κ1) is 15.4. The van der Waals surface area contributed by atoms with Crippen LogP contribution in [0.25, 0.3) is 0 Å². The molecule has 0 saturated carbocycles. The summed E-state index contributed by atoms with van der Waals surface area (Å²) in [6, 6.07) is 5.30. The molecule has 0 unspecified atom stereocenters. The lowest BCUT2D eigenvalue weighted by Crippen LogP contribution is -2.37. The molecule has 0 radical (unpaired) electrons. The van der Waals surface area contributed by atoms with Crippen molar-refractivity contribution in [3.63, 3.8) is 0 Å². The first-order chi connectivity index (χ1) is 8.80. The van der Waals surface area contributed by atoms with E-state index in [1.54, 1.807) is 32.0 Å². The summed E-state index contributed by atoms with van der Waals surface area (Å²) in [5.74, 6) is -0.561. The molecular weight excluding hydrogens is 256 g/mol. The number of carbonyl (C=O) groups excluding carboxylic acids is 1. The molecule has 6 heteroatoms. The highest BCUT2D eigenvalue weighted by molar-refractivity contribution is 5.77. The largest absolute Gasteiger partial charge is 0.469 e. The van der Waals surface area contributed by atoms with E-state index in [9.17, 15) is 13.6 Å². The Balaban J connectivity index is 3.12. The Bertz CT molecular complexity index is 449. The molecule has 2 N–H and O–H groups in total. The molecule has 0 spiro atoms. The van der Waals surface area contributed by atoms with Crippen LogP contribution in [-0.2, 0) is 9.53 Å². The minimum absolute atomic E-state index is 0.0398. The van der Waals surface area contributed by atoms with E-state index in [0.717, 1.165) is 0 Å². The van der Waals surface area contributed by atoms with Crippen molar-refractivity contribution in [2.45, 2.75) is 26.5 Å². The summed E-state index contributed by atoms with van der Waals surface area (Å²) in [6.07, 6.45) is 0. The van der Waals surface area contributed by atoms with Gasteiger partial charge in [-0.2, -0.15) is 8.78 Å². The molecule has 0 aliphatic rings. The van der Waals surface area contributed by atoms with Crippen LogP contribution in [-0.4, -0.2) is 19.7 Å². The molecule has 0 saturated heterocycles. The van der Waals surface area contributed by atoms with Crippen LogP contribution in [0.5, 0.6) is 5.75 Å². The van der Waals surface area contributed by atoms with Crippen molar-refractivity contribution in [2.75, 3.05) is 7.11 Å². The van der Waals surface area contributed by atoms with Gasteiger partial charge in [-0.15, -0.1) is 0 Å². The van der Waals surface area contributed by atoms with Crippen LogP contribution >= 0.6 is 0 Å². The number of benzene rings is 1. The third-order valence-corrected chi connectivity index (χ3v) is 2.96. The minimum Gasteiger partial charge on any atom is -0.469 e. The van der Waals surface area contributed by atoms with E-state index in [0.29, 0.717) is 5.56 Å². The zero-order valence-electron chi connectivity index (χ0n) is 11.0. The van der Waals surface area contributed by atoms with Crippen LogP contribution in [0.4, 0.5) is 8.78 Å². The summed E-state index contributed by atoms with van der Waals surface area (Å²) in [5.41, 5.74) is 5.27. The summed E-state index contributed by atoms with van der Waals surface area (Å²) in [7, 11) is 1.25. The number of esters is 1. The van der Waals surface area contributed by atoms with Gasteiger partial charge in [-0.05, 0) is 19.9 Å². The molecule has 0 aromatic heterocycles. The standard InChI is InChI=1S/C13H17F2NO3/c1-13(2,11(17)18-3)10(16)8-6-4-5-7-9(8)19-12(14)15/h4-7,10,12H,16H2,1-3H3/t10-/m1/s1. The van der Waals surface area contributed by atoms with E-state index in [1.807, 2.05) is 0 Å². The first-order valence-electron chi connectivity index (χ1n) is 5.68. The van der Waals surface area contributed by atoms with Crippen molar-refractivity contribution in [1.29, 1.82) is 0 Å². The van der Waals surface area contributed by atoms with E-state index in [1.165, 1.54) is 13.2 Å². The van der Waals surface area contributed by atoms with Gasteiger partial charge in [0, 0.05) is 11.6 Å². The maximum Gasteiger partial charge on any atom is 0.387 e. The molecular formula is C13H17F2NO3. The average molecular weight is 273 g/mol. The van der Waals surface area contributed by atoms with Crippen LogP contribution in [0, 0.1) is 5.41 Å². The molecule has 106 valence electrons. The Morgan fingerprint density at radius 1 is 1.32 bits per heavy atom. The van der Waals surface area contributed by atoms with E-state index >= 15 is 0 Å². The van der Waals surface area contributed by atoms with Gasteiger partial charge in [-0.25, -0.2) is 0 Å². The third kappa shape index (κ3) is 3.41. The Morgan fingerprint density at radius 3 is 2.42 bits per heavy atom. The quantitative estimate of drug-likeness (QED) is 0.837. The van der Waals surface area contributed by atoms with Gasteiger partial charge in [-0.3, -0.25) is 4.79 Å². The van der Waals surface area contributed by atoms with Gasteiger partial charge in [0.2, 0.25) is 0 Å². The summed E-state index contributed by atoms with van der Waals surface area (Å²) < 4.78 is 33.7. The summed E-state index contributed by atoms with van der Waals surface area (Å²) >= 11 is 0. The van der Waals surface area contributed by atoms with Crippen molar-refractivity contribution in [3.05, 3.63) is 29.8 Å². The molecule has 1 atom stereocenters. The number of hydrogen-bond donors (Lipinski definition) is 1. The molecule has 1 aromatic rings. The maximum atomic E-state index is 12.3. The molecule has 0 heterocycles. The van der Waals surface area contributed by atoms with Gasteiger partial charge < -0.3 is 15.2 Å². The monoisotopic (exact) mass is 273 g/mol. The highest BCUT2D eigenvalue weighted by atomic mass is 19.3. The fourth-order valence-corrected chi connectivity index (χ4v) is 1.72. The van der Waals surface area contributed by atoms with Gasteiger partial charge in [0.1, 0.15) is 5.75 Å². The summed E-state index contributed by atoms with van der Waals surface area (Å²) in [5, 5.41) is 0. The van der Waals surface area contributed by atoms with Crippen molar-refractivity contribution in [2.24, 2.45) is 11.1 Å². The van der Waals surface area contributed by atoms with E-state index in [2.05, 4.69) is 9.47 Å². The van der Waals surface area contributed by atoms with Crippen LogP contribution in [0.1, 0.15) is 25.5 Å².